The van der Waals surface area contributed by atoms with Crippen molar-refractivity contribution in [3.8, 4) is 0 Å². The Bertz CT molecular complexity index is 753. The van der Waals surface area contributed by atoms with Crippen LogP contribution in [0.15, 0.2) is 30.3 Å². The van der Waals surface area contributed by atoms with Crippen molar-refractivity contribution in [1.29, 1.82) is 0 Å². The van der Waals surface area contributed by atoms with Gasteiger partial charge in [0.1, 0.15) is 17.5 Å². The lowest BCUT2D eigenvalue weighted by molar-refractivity contribution is 0.816. The Balaban J connectivity index is 2.00. The van der Waals surface area contributed by atoms with E-state index in [2.05, 4.69) is 32.8 Å². The number of hydrogen-bond acceptors (Lipinski definition) is 4. The molecule has 5 heteroatoms. The standard InChI is InChI=1S/C16H19N5/c1-4-14-18-11(9-15(17-2)20-14)10-16-19-12-7-5-6-8-13(12)21(16)3/h5-9H,4,10H2,1-3H3,(H,17,18,20). The molecule has 0 amide bonds. The predicted molar refractivity (Wildman–Crippen MR) is 84.5 cm³/mol. The van der Waals surface area contributed by atoms with Crippen LogP contribution in [0.5, 0.6) is 0 Å². The Morgan fingerprint density at radius 3 is 2.67 bits per heavy atom. The smallest absolute Gasteiger partial charge is 0.130 e. The molecule has 0 bridgehead atoms. The normalized spacial score (nSPS) is 11.0. The van der Waals surface area contributed by atoms with Crippen LogP contribution < -0.4 is 5.32 Å². The summed E-state index contributed by atoms with van der Waals surface area (Å²) in [6, 6.07) is 10.2. The average Bonchev–Trinajstić information content (AvgIpc) is 2.83. The highest BCUT2D eigenvalue weighted by Crippen LogP contribution is 2.17. The molecule has 1 N–H and O–H groups in total. The molecule has 0 unspecified atom stereocenters. The molecule has 2 heterocycles. The minimum absolute atomic E-state index is 0.704. The Labute approximate surface area is 124 Å². The van der Waals surface area contributed by atoms with E-state index in [1.165, 1.54) is 0 Å². The summed E-state index contributed by atoms with van der Waals surface area (Å²) in [4.78, 5) is 13.7. The third-order valence-corrected chi connectivity index (χ3v) is 3.62. The van der Waals surface area contributed by atoms with E-state index < -0.39 is 0 Å². The number of aryl methyl sites for hydroxylation is 2. The summed E-state index contributed by atoms with van der Waals surface area (Å²) in [6.07, 6.45) is 1.53. The van der Waals surface area contributed by atoms with E-state index in [0.29, 0.717) is 6.42 Å². The molecule has 2 aromatic heterocycles. The van der Waals surface area contributed by atoms with Crippen LogP contribution in [-0.2, 0) is 19.9 Å². The molecule has 0 radical (unpaired) electrons. The van der Waals surface area contributed by atoms with Gasteiger partial charge in [0.15, 0.2) is 0 Å². The molecule has 1 aromatic carbocycles. The van der Waals surface area contributed by atoms with Crippen LogP contribution in [0.2, 0.25) is 0 Å². The molecular formula is C16H19N5. The Kier molecular flexibility index (Phi) is 3.56. The molecule has 0 aliphatic carbocycles. The number of aromatic nitrogens is 4. The fourth-order valence-corrected chi connectivity index (χ4v) is 2.44. The summed E-state index contributed by atoms with van der Waals surface area (Å²) in [5.41, 5.74) is 3.16. The number of rotatable bonds is 4. The van der Waals surface area contributed by atoms with Crippen molar-refractivity contribution < 1.29 is 0 Å². The van der Waals surface area contributed by atoms with Crippen molar-refractivity contribution >= 4 is 16.9 Å². The number of benzene rings is 1. The monoisotopic (exact) mass is 281 g/mol. The van der Waals surface area contributed by atoms with E-state index in [9.17, 15) is 0 Å². The third kappa shape index (κ3) is 2.59. The maximum atomic E-state index is 4.70. The fraction of sp³-hybridized carbons (Fsp3) is 0.312. The van der Waals surface area contributed by atoms with Crippen molar-refractivity contribution in [3.05, 3.63) is 47.7 Å². The van der Waals surface area contributed by atoms with Gasteiger partial charge in [-0.3, -0.25) is 0 Å². The van der Waals surface area contributed by atoms with Gasteiger partial charge in [0.05, 0.1) is 16.7 Å². The molecule has 0 aliphatic heterocycles. The SMILES string of the molecule is CCc1nc(Cc2nc3ccccc3n2C)cc(NC)n1. The molecule has 0 saturated carbocycles. The molecule has 0 fully saturated rings. The molecule has 0 spiro atoms. The summed E-state index contributed by atoms with van der Waals surface area (Å²) in [7, 11) is 3.92. The molecule has 3 rings (SSSR count). The lowest BCUT2D eigenvalue weighted by Gasteiger charge is -2.07. The van der Waals surface area contributed by atoms with Crippen LogP contribution in [0.4, 0.5) is 5.82 Å². The molecule has 0 aliphatic rings. The number of para-hydroxylation sites is 2. The van der Waals surface area contributed by atoms with Crippen LogP contribution in [0.25, 0.3) is 11.0 Å². The van der Waals surface area contributed by atoms with Gasteiger partial charge >= 0.3 is 0 Å². The Morgan fingerprint density at radius 2 is 1.95 bits per heavy atom. The quantitative estimate of drug-likeness (QED) is 0.798. The average molecular weight is 281 g/mol. The number of nitrogens with one attached hydrogen (secondary N) is 1. The zero-order valence-corrected chi connectivity index (χ0v) is 12.6. The van der Waals surface area contributed by atoms with Gasteiger partial charge in [-0.15, -0.1) is 0 Å². The van der Waals surface area contributed by atoms with E-state index in [1.54, 1.807) is 0 Å². The second-order valence-corrected chi connectivity index (χ2v) is 5.02. The number of imidazole rings is 1. The van der Waals surface area contributed by atoms with Crippen LogP contribution in [0, 0.1) is 0 Å². The maximum absolute atomic E-state index is 4.70. The zero-order chi connectivity index (χ0) is 14.8. The zero-order valence-electron chi connectivity index (χ0n) is 12.6. The summed E-state index contributed by atoms with van der Waals surface area (Å²) in [5.74, 6) is 2.73. The van der Waals surface area contributed by atoms with Crippen molar-refractivity contribution in [3.63, 3.8) is 0 Å². The van der Waals surface area contributed by atoms with Crippen molar-refractivity contribution in [1.82, 2.24) is 19.5 Å². The van der Waals surface area contributed by atoms with E-state index >= 15 is 0 Å². The Hall–Kier alpha value is -2.43. The maximum Gasteiger partial charge on any atom is 0.130 e. The largest absolute Gasteiger partial charge is 0.373 e. The fourth-order valence-electron chi connectivity index (χ4n) is 2.44. The van der Waals surface area contributed by atoms with Gasteiger partial charge in [-0.05, 0) is 12.1 Å². The molecule has 21 heavy (non-hydrogen) atoms. The first kappa shape index (κ1) is 13.5. The van der Waals surface area contributed by atoms with Gasteiger partial charge in [-0.1, -0.05) is 19.1 Å². The predicted octanol–water partition coefficient (Wildman–Crippen LogP) is 2.56. The molecular weight excluding hydrogens is 262 g/mol. The number of anilines is 1. The highest BCUT2D eigenvalue weighted by molar-refractivity contribution is 5.75. The summed E-state index contributed by atoms with van der Waals surface area (Å²) >= 11 is 0. The van der Waals surface area contributed by atoms with E-state index in [4.69, 9.17) is 4.98 Å². The molecule has 0 atom stereocenters. The summed E-state index contributed by atoms with van der Waals surface area (Å²) < 4.78 is 2.13. The first-order valence-electron chi connectivity index (χ1n) is 7.16. The summed E-state index contributed by atoms with van der Waals surface area (Å²) in [6.45, 7) is 2.06. The number of fused-ring (bicyclic) bond motifs is 1. The number of hydrogen-bond donors (Lipinski definition) is 1. The topological polar surface area (TPSA) is 55.6 Å². The summed E-state index contributed by atoms with van der Waals surface area (Å²) in [5, 5.41) is 3.09. The van der Waals surface area contributed by atoms with Gasteiger partial charge in [0.2, 0.25) is 0 Å². The van der Waals surface area contributed by atoms with Gasteiger partial charge in [0.25, 0.3) is 0 Å². The van der Waals surface area contributed by atoms with Crippen molar-refractivity contribution in [2.24, 2.45) is 7.05 Å². The minimum Gasteiger partial charge on any atom is -0.373 e. The van der Waals surface area contributed by atoms with Crippen LogP contribution in [0.3, 0.4) is 0 Å². The van der Waals surface area contributed by atoms with E-state index in [0.717, 1.165) is 40.6 Å². The lowest BCUT2D eigenvalue weighted by atomic mass is 10.2. The van der Waals surface area contributed by atoms with Gasteiger partial charge < -0.3 is 9.88 Å². The minimum atomic E-state index is 0.704. The van der Waals surface area contributed by atoms with E-state index in [-0.39, 0.29) is 0 Å². The highest BCUT2D eigenvalue weighted by atomic mass is 15.1. The van der Waals surface area contributed by atoms with Crippen molar-refractivity contribution in [2.75, 3.05) is 12.4 Å². The molecule has 108 valence electrons. The first-order valence-corrected chi connectivity index (χ1v) is 7.16. The van der Waals surface area contributed by atoms with Crippen LogP contribution >= 0.6 is 0 Å². The second kappa shape index (κ2) is 5.52. The first-order chi connectivity index (χ1) is 10.2. The lowest BCUT2D eigenvalue weighted by Crippen LogP contribution is -2.06. The van der Waals surface area contributed by atoms with Gasteiger partial charge in [-0.2, -0.15) is 0 Å². The molecule has 0 saturated heterocycles. The van der Waals surface area contributed by atoms with Crippen LogP contribution in [-0.4, -0.2) is 26.6 Å². The Morgan fingerprint density at radius 1 is 1.14 bits per heavy atom. The molecule has 5 nitrogen and oxygen atoms in total. The molecule has 3 aromatic rings. The highest BCUT2D eigenvalue weighted by Gasteiger charge is 2.10. The van der Waals surface area contributed by atoms with Gasteiger partial charge in [-0.25, -0.2) is 15.0 Å². The van der Waals surface area contributed by atoms with Gasteiger partial charge in [0, 0.05) is 33.0 Å². The third-order valence-electron chi connectivity index (χ3n) is 3.62. The van der Waals surface area contributed by atoms with E-state index in [1.807, 2.05) is 38.4 Å². The number of nitrogens with zero attached hydrogens (tertiary/aromatic N) is 4. The second-order valence-electron chi connectivity index (χ2n) is 5.02. The van der Waals surface area contributed by atoms with Crippen molar-refractivity contribution in [2.45, 2.75) is 19.8 Å². The van der Waals surface area contributed by atoms with Crippen LogP contribution in [0.1, 0.15) is 24.3 Å².